The Morgan fingerprint density at radius 2 is 2.29 bits per heavy atom. The summed E-state index contributed by atoms with van der Waals surface area (Å²) in [6.45, 7) is 0.549. The predicted molar refractivity (Wildman–Crippen MR) is 52.8 cm³/mol. The fourth-order valence-electron chi connectivity index (χ4n) is 0.987. The van der Waals surface area contributed by atoms with E-state index in [2.05, 4.69) is 0 Å². The first-order valence-corrected chi connectivity index (χ1v) is 4.31. The summed E-state index contributed by atoms with van der Waals surface area (Å²) < 4.78 is 5.28. The molecule has 0 heterocycles. The lowest BCUT2D eigenvalue weighted by Gasteiger charge is -2.06. The summed E-state index contributed by atoms with van der Waals surface area (Å²) in [5, 5.41) is 17.2. The molecule has 0 saturated heterocycles. The minimum atomic E-state index is 0.103. The van der Waals surface area contributed by atoms with Crippen molar-refractivity contribution in [1.29, 1.82) is 5.26 Å². The van der Waals surface area contributed by atoms with Crippen LogP contribution in [0.25, 0.3) is 0 Å². The summed E-state index contributed by atoms with van der Waals surface area (Å²) in [5.41, 5.74) is 6.44. The zero-order valence-corrected chi connectivity index (χ0v) is 7.73. The normalized spacial score (nSPS) is 9.43. The quantitative estimate of drug-likeness (QED) is 0.548. The third-order valence-electron chi connectivity index (χ3n) is 1.71. The second-order valence-corrected chi connectivity index (χ2v) is 2.79. The predicted octanol–water partition coefficient (Wildman–Crippen LogP) is 0.902. The third-order valence-corrected chi connectivity index (χ3v) is 1.71. The number of aliphatic hydroxyl groups excluding tert-OH is 1. The van der Waals surface area contributed by atoms with Gasteiger partial charge in [-0.1, -0.05) is 0 Å². The van der Waals surface area contributed by atoms with Gasteiger partial charge in [-0.15, -0.1) is 0 Å². The Bertz CT molecular complexity index is 344. The summed E-state index contributed by atoms with van der Waals surface area (Å²) in [6, 6.07) is 6.88. The van der Waals surface area contributed by atoms with Gasteiger partial charge in [-0.05, 0) is 12.1 Å². The van der Waals surface area contributed by atoms with Gasteiger partial charge in [0.15, 0.2) is 0 Å². The van der Waals surface area contributed by atoms with Crippen molar-refractivity contribution in [3.05, 3.63) is 23.8 Å². The molecule has 0 unspecified atom stereocenters. The topological polar surface area (TPSA) is 79.3 Å². The van der Waals surface area contributed by atoms with Crippen molar-refractivity contribution in [1.82, 2.24) is 0 Å². The van der Waals surface area contributed by atoms with E-state index in [1.807, 2.05) is 6.07 Å². The molecule has 1 aromatic carbocycles. The van der Waals surface area contributed by atoms with Crippen molar-refractivity contribution < 1.29 is 9.84 Å². The number of hydrogen-bond acceptors (Lipinski definition) is 4. The highest BCUT2D eigenvalue weighted by molar-refractivity contribution is 5.56. The SMILES string of the molecule is N#Cc1ccc(OCCCO)cc1N. The van der Waals surface area contributed by atoms with Gasteiger partial charge in [0.05, 0.1) is 17.9 Å². The molecule has 14 heavy (non-hydrogen) atoms. The number of ether oxygens (including phenoxy) is 1. The maximum absolute atomic E-state index is 8.62. The van der Waals surface area contributed by atoms with E-state index < -0.39 is 0 Å². The van der Waals surface area contributed by atoms with Gasteiger partial charge in [0.2, 0.25) is 0 Å². The fraction of sp³-hybridized carbons (Fsp3) is 0.300. The van der Waals surface area contributed by atoms with Gasteiger partial charge in [-0.3, -0.25) is 0 Å². The van der Waals surface area contributed by atoms with Crippen molar-refractivity contribution in [2.24, 2.45) is 0 Å². The molecule has 0 bridgehead atoms. The van der Waals surface area contributed by atoms with Gasteiger partial charge >= 0.3 is 0 Å². The van der Waals surface area contributed by atoms with Gasteiger partial charge in [-0.2, -0.15) is 5.26 Å². The zero-order chi connectivity index (χ0) is 10.4. The average Bonchev–Trinajstić information content (AvgIpc) is 2.18. The molecule has 0 spiro atoms. The molecule has 0 radical (unpaired) electrons. The largest absolute Gasteiger partial charge is 0.493 e. The molecule has 1 rings (SSSR count). The molecule has 3 N–H and O–H groups in total. The summed E-state index contributed by atoms with van der Waals surface area (Å²) >= 11 is 0. The Labute approximate surface area is 82.5 Å². The van der Waals surface area contributed by atoms with Crippen molar-refractivity contribution in [2.45, 2.75) is 6.42 Å². The number of anilines is 1. The highest BCUT2D eigenvalue weighted by Gasteiger charge is 2.00. The maximum atomic E-state index is 8.62. The second kappa shape index (κ2) is 5.10. The van der Waals surface area contributed by atoms with Crippen molar-refractivity contribution in [2.75, 3.05) is 18.9 Å². The van der Waals surface area contributed by atoms with Crippen LogP contribution in [0.3, 0.4) is 0 Å². The first-order chi connectivity index (χ1) is 6.77. The molecule has 0 aliphatic carbocycles. The number of nitriles is 1. The molecule has 74 valence electrons. The molecule has 0 atom stereocenters. The minimum absolute atomic E-state index is 0.103. The Morgan fingerprint density at radius 3 is 2.86 bits per heavy atom. The standard InChI is InChI=1S/C10H12N2O2/c11-7-8-2-3-9(6-10(8)12)14-5-1-4-13/h2-3,6,13H,1,4-5,12H2. The van der Waals surface area contributed by atoms with Crippen LogP contribution in [0.1, 0.15) is 12.0 Å². The van der Waals surface area contributed by atoms with E-state index in [1.165, 1.54) is 0 Å². The number of nitrogens with two attached hydrogens (primary N) is 1. The lowest BCUT2D eigenvalue weighted by molar-refractivity contribution is 0.233. The van der Waals surface area contributed by atoms with Crippen LogP contribution in [0.15, 0.2) is 18.2 Å². The molecular formula is C10H12N2O2. The first-order valence-electron chi connectivity index (χ1n) is 4.31. The van der Waals surface area contributed by atoms with E-state index in [0.717, 1.165) is 0 Å². The van der Waals surface area contributed by atoms with Gasteiger partial charge in [0.1, 0.15) is 11.8 Å². The summed E-state index contributed by atoms with van der Waals surface area (Å²) in [6.07, 6.45) is 0.583. The van der Waals surface area contributed by atoms with Crippen molar-refractivity contribution in [3.63, 3.8) is 0 Å². The second-order valence-electron chi connectivity index (χ2n) is 2.79. The van der Waals surface area contributed by atoms with Crippen LogP contribution in [0.5, 0.6) is 5.75 Å². The third kappa shape index (κ3) is 2.64. The van der Waals surface area contributed by atoms with Gasteiger partial charge in [0, 0.05) is 19.1 Å². The summed E-state index contributed by atoms with van der Waals surface area (Å²) in [7, 11) is 0. The molecule has 0 aliphatic heterocycles. The molecule has 4 heteroatoms. The first kappa shape index (κ1) is 10.4. The average molecular weight is 192 g/mol. The van der Waals surface area contributed by atoms with Crippen LogP contribution in [0, 0.1) is 11.3 Å². The van der Waals surface area contributed by atoms with Crippen LogP contribution in [-0.2, 0) is 0 Å². The lowest BCUT2D eigenvalue weighted by atomic mass is 10.2. The Morgan fingerprint density at radius 1 is 1.50 bits per heavy atom. The Kier molecular flexibility index (Phi) is 3.77. The van der Waals surface area contributed by atoms with E-state index in [0.29, 0.717) is 30.0 Å². The molecule has 0 aromatic heterocycles. The summed E-state index contributed by atoms with van der Waals surface area (Å²) in [5.74, 6) is 0.620. The van der Waals surface area contributed by atoms with E-state index in [-0.39, 0.29) is 6.61 Å². The van der Waals surface area contributed by atoms with Crippen molar-refractivity contribution in [3.8, 4) is 11.8 Å². The molecule has 4 nitrogen and oxygen atoms in total. The van der Waals surface area contributed by atoms with Gasteiger partial charge in [0.25, 0.3) is 0 Å². The Balaban J connectivity index is 2.63. The van der Waals surface area contributed by atoms with E-state index in [1.54, 1.807) is 18.2 Å². The van der Waals surface area contributed by atoms with Crippen LogP contribution in [0.2, 0.25) is 0 Å². The smallest absolute Gasteiger partial charge is 0.121 e. The number of hydrogen-bond donors (Lipinski definition) is 2. The zero-order valence-electron chi connectivity index (χ0n) is 7.73. The van der Waals surface area contributed by atoms with E-state index in [9.17, 15) is 0 Å². The lowest BCUT2D eigenvalue weighted by Crippen LogP contribution is -2.00. The number of aliphatic hydroxyl groups is 1. The number of nitrogens with zero attached hydrogens (tertiary/aromatic N) is 1. The number of nitrogen functional groups attached to an aromatic ring is 1. The highest BCUT2D eigenvalue weighted by Crippen LogP contribution is 2.19. The van der Waals surface area contributed by atoms with E-state index in [4.69, 9.17) is 20.8 Å². The van der Waals surface area contributed by atoms with Gasteiger partial charge in [-0.25, -0.2) is 0 Å². The minimum Gasteiger partial charge on any atom is -0.493 e. The fourth-order valence-corrected chi connectivity index (χ4v) is 0.987. The molecule has 0 amide bonds. The molecular weight excluding hydrogens is 180 g/mol. The van der Waals surface area contributed by atoms with Crippen LogP contribution in [0.4, 0.5) is 5.69 Å². The maximum Gasteiger partial charge on any atom is 0.121 e. The molecule has 0 fully saturated rings. The monoisotopic (exact) mass is 192 g/mol. The highest BCUT2D eigenvalue weighted by atomic mass is 16.5. The van der Waals surface area contributed by atoms with Crippen LogP contribution >= 0.6 is 0 Å². The van der Waals surface area contributed by atoms with Crippen LogP contribution < -0.4 is 10.5 Å². The Hall–Kier alpha value is -1.73. The molecule has 0 aliphatic rings. The van der Waals surface area contributed by atoms with Gasteiger partial charge < -0.3 is 15.6 Å². The van der Waals surface area contributed by atoms with E-state index >= 15 is 0 Å². The number of rotatable bonds is 4. The molecule has 1 aromatic rings. The van der Waals surface area contributed by atoms with Crippen molar-refractivity contribution >= 4 is 5.69 Å². The van der Waals surface area contributed by atoms with Crippen LogP contribution in [-0.4, -0.2) is 18.3 Å². The number of benzene rings is 1. The summed E-state index contributed by atoms with van der Waals surface area (Å²) in [4.78, 5) is 0. The molecule has 0 saturated carbocycles.